The molecule has 0 saturated carbocycles. The number of methoxy groups -OCH3 is 2. The molecule has 0 bridgehead atoms. The van der Waals surface area contributed by atoms with Crippen LogP contribution in [0.3, 0.4) is 0 Å². The SMILES string of the molecule is COC(=O)c1ccnc(Cc2ccc3ncc(Cl)cc3c2)c1.COC(=O)c1ccnc(Cc2ccc3ncc(N=C(c4ccccc4)c4ccccc4)cc3c2)c1.N=C(c1ccccc1)c1ccccc1.Nc1cnc2ccc(Cc3cc(C(=O)NCc4cc5c(Cl)c[nH]c5cc4F)ccn3)cc2c1. The van der Waals surface area contributed by atoms with Crippen LogP contribution >= 0.6 is 23.2 Å². The Balaban J connectivity index is 0.000000137. The minimum absolute atomic E-state index is 0.0405. The highest BCUT2D eigenvalue weighted by Gasteiger charge is 2.15. The first-order chi connectivity index (χ1) is 50.7. The molecular weight excluding hydrogens is 1340 g/mol. The maximum Gasteiger partial charge on any atom is 0.337 e. The first-order valence-corrected chi connectivity index (χ1v) is 33.7. The van der Waals surface area contributed by atoms with Crippen molar-refractivity contribution in [3.05, 3.63) is 380 Å². The number of anilines is 1. The quantitative estimate of drug-likeness (QED) is 0.0522. The number of nitrogens with one attached hydrogen (secondary N) is 3. The van der Waals surface area contributed by atoms with Crippen LogP contribution < -0.4 is 11.1 Å². The van der Waals surface area contributed by atoms with Crippen molar-refractivity contribution in [3.63, 3.8) is 0 Å². The lowest BCUT2D eigenvalue weighted by molar-refractivity contribution is 0.0591. The molecule has 0 spiro atoms. The van der Waals surface area contributed by atoms with E-state index >= 15 is 0 Å². The van der Waals surface area contributed by atoms with Gasteiger partial charge in [0, 0.05) is 123 Å². The third kappa shape index (κ3) is 18.5. The number of carbonyl (C=O) groups excluding carboxylic acids is 3. The summed E-state index contributed by atoms with van der Waals surface area (Å²) in [5, 5.41) is 15.5. The zero-order chi connectivity index (χ0) is 72.3. The number of ether oxygens (including phenoxy) is 2. The molecule has 104 heavy (non-hydrogen) atoms. The minimum Gasteiger partial charge on any atom is -0.465 e. The topological polar surface area (TPSA) is 237 Å². The van der Waals surface area contributed by atoms with Gasteiger partial charge in [-0.25, -0.2) is 19.0 Å². The van der Waals surface area contributed by atoms with Crippen LogP contribution in [0.1, 0.15) is 92.7 Å². The van der Waals surface area contributed by atoms with Crippen molar-refractivity contribution in [2.24, 2.45) is 4.99 Å². The normalized spacial score (nSPS) is 10.7. The van der Waals surface area contributed by atoms with Crippen molar-refractivity contribution >= 4 is 107 Å². The lowest BCUT2D eigenvalue weighted by Crippen LogP contribution is -2.23. The van der Waals surface area contributed by atoms with Crippen LogP contribution in [0.2, 0.25) is 10.0 Å². The number of aromatic amines is 1. The number of halogens is 3. The summed E-state index contributed by atoms with van der Waals surface area (Å²) in [4.78, 5) is 70.3. The fourth-order valence-corrected chi connectivity index (χ4v) is 11.8. The molecule has 0 fully saturated rings. The highest BCUT2D eigenvalue weighted by atomic mass is 35.5. The molecule has 0 aliphatic heterocycles. The molecule has 0 radical (unpaired) electrons. The molecule has 7 heterocycles. The molecule has 1 amide bonds. The zero-order valence-corrected chi connectivity index (χ0v) is 57.9. The number of aliphatic imine (C=N–C) groups is 1. The van der Waals surface area contributed by atoms with Gasteiger partial charge in [0.1, 0.15) is 5.82 Å². The van der Waals surface area contributed by atoms with Gasteiger partial charge in [-0.1, -0.05) is 163 Å². The number of carbonyl (C=O) groups is 3. The number of hydrogen-bond acceptors (Lipinski definition) is 14. The summed E-state index contributed by atoms with van der Waals surface area (Å²) >= 11 is 12.1. The molecule has 0 aliphatic carbocycles. The first-order valence-electron chi connectivity index (χ1n) is 32.9. The van der Waals surface area contributed by atoms with E-state index in [9.17, 15) is 18.8 Å². The number of rotatable bonds is 16. The van der Waals surface area contributed by atoms with Crippen molar-refractivity contribution in [1.29, 1.82) is 5.41 Å². The van der Waals surface area contributed by atoms with Gasteiger partial charge < -0.3 is 25.5 Å². The van der Waals surface area contributed by atoms with Crippen molar-refractivity contribution in [1.82, 2.24) is 40.2 Å². The maximum atomic E-state index is 14.4. The maximum absolute atomic E-state index is 14.4. The number of esters is 2. The van der Waals surface area contributed by atoms with Gasteiger partial charge in [-0.3, -0.25) is 40.1 Å². The van der Waals surface area contributed by atoms with Crippen molar-refractivity contribution in [2.75, 3.05) is 20.0 Å². The van der Waals surface area contributed by atoms with Crippen LogP contribution in [0.15, 0.2) is 291 Å². The van der Waals surface area contributed by atoms with Crippen LogP contribution in [0.4, 0.5) is 15.8 Å². The Hall–Kier alpha value is -13.0. The molecule has 5 N–H and O–H groups in total. The second-order valence-electron chi connectivity index (χ2n) is 23.9. The van der Waals surface area contributed by atoms with E-state index in [0.29, 0.717) is 73.9 Å². The number of nitrogens with two attached hydrogens (primary N) is 1. The average Bonchev–Trinajstić information content (AvgIpc) is 1.77. The molecule has 0 saturated heterocycles. The van der Waals surface area contributed by atoms with Crippen molar-refractivity contribution in [3.8, 4) is 0 Å². The lowest BCUT2D eigenvalue weighted by Gasteiger charge is -2.09. The van der Waals surface area contributed by atoms with Gasteiger partial charge in [0.05, 0.1) is 87.1 Å². The van der Waals surface area contributed by atoms with E-state index in [4.69, 9.17) is 48.8 Å². The standard InChI is InChI=1S/C30H23N3O2.C25H19ClFN5O.C17H13ClN2O2.C13H11N/c1-35-30(34)24-14-15-31-26(18-24)17-21-12-13-28-25(16-21)19-27(20-32-28)33-29(22-8-4-2-5-9-22)23-10-6-3-7-11-23;26-21-13-31-24-10-22(27)17(9-20(21)24)11-32-25(33)15-3-4-29-19(8-15)6-14-1-2-23-16(5-14)7-18(28)12-30-23;1-22-17(21)12-4-5-19-15(9-12)7-11-2-3-16-13(6-11)8-14(18)10-20-16;14-13(11-7-3-1-4-8-11)12-9-5-2-6-10-12/h2-16,18-20H,17H2,1H3;1-5,7-10,12-13,31H,6,11,28H2,(H,32,33);2-6,8-10H,7H2,1H3;1-10,14H. The van der Waals surface area contributed by atoms with Gasteiger partial charge in [0.2, 0.25) is 0 Å². The van der Waals surface area contributed by atoms with Gasteiger partial charge in [0.25, 0.3) is 5.91 Å². The van der Waals surface area contributed by atoms with E-state index < -0.39 is 5.82 Å². The van der Waals surface area contributed by atoms with E-state index in [1.165, 1.54) is 20.3 Å². The minimum atomic E-state index is -0.414. The van der Waals surface area contributed by atoms with Crippen molar-refractivity contribution < 1.29 is 28.2 Å². The van der Waals surface area contributed by atoms with Crippen LogP contribution in [-0.2, 0) is 35.3 Å². The number of benzene rings is 8. The van der Waals surface area contributed by atoms with E-state index in [2.05, 4.69) is 76.6 Å². The highest BCUT2D eigenvalue weighted by molar-refractivity contribution is 6.35. The smallest absolute Gasteiger partial charge is 0.337 e. The Morgan fingerprint density at radius 1 is 0.490 bits per heavy atom. The predicted octanol–water partition coefficient (Wildman–Crippen LogP) is 17.9. The van der Waals surface area contributed by atoms with E-state index in [1.807, 2.05) is 158 Å². The number of aromatic nitrogens is 7. The number of fused-ring (bicyclic) bond motifs is 4. The number of nitrogen functional groups attached to an aromatic ring is 1. The Bertz CT molecular complexity index is 5530. The lowest BCUT2D eigenvalue weighted by atomic mass is 10.0. The molecular formula is C85H66Cl2FN11O5. The van der Waals surface area contributed by atoms with Gasteiger partial charge in [-0.2, -0.15) is 0 Å². The molecule has 16 nitrogen and oxygen atoms in total. The molecule has 7 aromatic heterocycles. The third-order valence-electron chi connectivity index (χ3n) is 16.6. The third-order valence-corrected chi connectivity index (χ3v) is 17.1. The molecule has 0 unspecified atom stereocenters. The van der Waals surface area contributed by atoms with E-state index in [1.54, 1.807) is 85.8 Å². The second-order valence-corrected chi connectivity index (χ2v) is 24.8. The summed E-state index contributed by atoms with van der Waals surface area (Å²) in [6.45, 7) is 0.0405. The number of nitrogens with zero attached hydrogens (tertiary/aromatic N) is 7. The fraction of sp³-hybridized carbons (Fsp3) is 0.0706. The molecule has 512 valence electrons. The molecule has 8 aromatic carbocycles. The fourth-order valence-electron chi connectivity index (χ4n) is 11.5. The largest absolute Gasteiger partial charge is 0.465 e. The summed E-state index contributed by atoms with van der Waals surface area (Å²) in [5.74, 6) is -1.46. The van der Waals surface area contributed by atoms with E-state index in [0.717, 1.165) is 100 Å². The highest BCUT2D eigenvalue weighted by Crippen LogP contribution is 2.28. The van der Waals surface area contributed by atoms with Crippen molar-refractivity contribution in [2.45, 2.75) is 25.8 Å². The Kier molecular flexibility index (Phi) is 23.1. The average molecular weight is 1410 g/mol. The van der Waals surface area contributed by atoms with Gasteiger partial charge in [0.15, 0.2) is 0 Å². The first kappa shape index (κ1) is 70.9. The molecule has 15 rings (SSSR count). The molecule has 19 heteroatoms. The summed E-state index contributed by atoms with van der Waals surface area (Å²) in [7, 11) is 2.74. The Morgan fingerprint density at radius 3 is 1.43 bits per heavy atom. The number of H-pyrrole nitrogens is 1. The van der Waals surface area contributed by atoms with Crippen LogP contribution in [0.5, 0.6) is 0 Å². The number of pyridine rings is 6. The second kappa shape index (κ2) is 33.9. The predicted molar refractivity (Wildman–Crippen MR) is 410 cm³/mol. The van der Waals surface area contributed by atoms with Crippen LogP contribution in [0, 0.1) is 11.2 Å². The van der Waals surface area contributed by atoms with E-state index in [-0.39, 0.29) is 24.4 Å². The number of amides is 1. The van der Waals surface area contributed by atoms with Crippen LogP contribution in [0.25, 0.3) is 43.6 Å². The summed E-state index contributed by atoms with van der Waals surface area (Å²) < 4.78 is 23.9. The monoisotopic (exact) mass is 1410 g/mol. The summed E-state index contributed by atoms with van der Waals surface area (Å²) in [6, 6.07) is 76.9. The van der Waals surface area contributed by atoms with Crippen LogP contribution in [-0.4, -0.2) is 78.4 Å². The molecule has 15 aromatic rings. The summed E-state index contributed by atoms with van der Waals surface area (Å²) in [6.07, 6.45) is 13.3. The molecule has 0 aliphatic rings. The Labute approximate surface area is 608 Å². The number of hydrogen-bond donors (Lipinski definition) is 4. The summed E-state index contributed by atoms with van der Waals surface area (Å²) in [5.41, 5.74) is 23.3. The Morgan fingerprint density at radius 2 is 0.933 bits per heavy atom. The van der Waals surface area contributed by atoms with Gasteiger partial charge >= 0.3 is 11.9 Å². The molecule has 0 atom stereocenters. The van der Waals surface area contributed by atoms with Gasteiger partial charge in [-0.05, 0) is 131 Å². The zero-order valence-electron chi connectivity index (χ0n) is 56.3. The van der Waals surface area contributed by atoms with Gasteiger partial charge in [-0.15, -0.1) is 0 Å².